The first-order valence-electron chi connectivity index (χ1n) is 9.08. The van der Waals surface area contributed by atoms with Gasteiger partial charge in [-0.05, 0) is 32.0 Å². The van der Waals surface area contributed by atoms with Crippen molar-refractivity contribution in [2.45, 2.75) is 26.4 Å². The Hall–Kier alpha value is -3.27. The molecule has 1 amide bonds. The number of carbonyl (C=O) groups excluding carboxylic acids is 1. The van der Waals surface area contributed by atoms with Crippen LogP contribution in [0.3, 0.4) is 0 Å². The number of para-hydroxylation sites is 1. The molecule has 0 fully saturated rings. The normalized spacial score (nSPS) is 12.4. The average Bonchev–Trinajstić information content (AvgIpc) is 3.16. The zero-order chi connectivity index (χ0) is 21.9. The van der Waals surface area contributed by atoms with Crippen LogP contribution in [0.5, 0.6) is 0 Å². The standard InChI is InChI=1S/C20H21FN4O4S/c1-13-7-6-8-15(11-13)19-23-18(29-24-19)12-22-20(26)14(2)25(30(3,27)28)17-10-5-4-9-16(17)21/h4-11,14H,12H2,1-3H3,(H,22,26). The highest BCUT2D eigenvalue weighted by Crippen LogP contribution is 2.24. The number of aryl methyl sites for hydroxylation is 1. The van der Waals surface area contributed by atoms with E-state index in [1.807, 2.05) is 31.2 Å². The fourth-order valence-corrected chi connectivity index (χ4v) is 4.13. The molecule has 1 heterocycles. The van der Waals surface area contributed by atoms with Gasteiger partial charge in [0, 0.05) is 5.56 Å². The molecular formula is C20H21FN4O4S. The number of nitrogens with zero attached hydrogens (tertiary/aromatic N) is 3. The number of sulfonamides is 1. The van der Waals surface area contributed by atoms with Crippen molar-refractivity contribution < 1.29 is 22.1 Å². The van der Waals surface area contributed by atoms with Gasteiger partial charge in [0.05, 0.1) is 18.5 Å². The van der Waals surface area contributed by atoms with Crippen molar-refractivity contribution in [1.82, 2.24) is 15.5 Å². The molecule has 0 bridgehead atoms. The molecule has 3 aromatic rings. The summed E-state index contributed by atoms with van der Waals surface area (Å²) < 4.78 is 44.5. The van der Waals surface area contributed by atoms with Crippen LogP contribution in [0, 0.1) is 12.7 Å². The fourth-order valence-electron chi connectivity index (χ4n) is 2.95. The number of benzene rings is 2. The molecule has 10 heteroatoms. The summed E-state index contributed by atoms with van der Waals surface area (Å²) in [5, 5.41) is 6.44. The maximum atomic E-state index is 14.2. The second kappa shape index (κ2) is 8.62. The average molecular weight is 432 g/mol. The molecule has 0 saturated carbocycles. The Morgan fingerprint density at radius 2 is 1.97 bits per heavy atom. The fraction of sp³-hybridized carbons (Fsp3) is 0.250. The van der Waals surface area contributed by atoms with E-state index in [1.165, 1.54) is 25.1 Å². The summed E-state index contributed by atoms with van der Waals surface area (Å²) in [7, 11) is -3.92. The van der Waals surface area contributed by atoms with Crippen LogP contribution in [-0.4, -0.2) is 36.8 Å². The van der Waals surface area contributed by atoms with Gasteiger partial charge in [-0.15, -0.1) is 0 Å². The van der Waals surface area contributed by atoms with E-state index in [0.29, 0.717) is 5.82 Å². The lowest BCUT2D eigenvalue weighted by molar-refractivity contribution is -0.122. The van der Waals surface area contributed by atoms with Crippen LogP contribution in [0.15, 0.2) is 53.1 Å². The van der Waals surface area contributed by atoms with Crippen LogP contribution in [0.25, 0.3) is 11.4 Å². The summed E-state index contributed by atoms with van der Waals surface area (Å²) in [5.41, 5.74) is 1.60. The number of hydrogen-bond donors (Lipinski definition) is 1. The molecule has 0 spiro atoms. The Morgan fingerprint density at radius 1 is 1.23 bits per heavy atom. The summed E-state index contributed by atoms with van der Waals surface area (Å²) in [5.74, 6) is -0.856. The lowest BCUT2D eigenvalue weighted by Gasteiger charge is -2.28. The number of amides is 1. The smallest absolute Gasteiger partial charge is 0.246 e. The zero-order valence-electron chi connectivity index (χ0n) is 16.7. The van der Waals surface area contributed by atoms with Crippen LogP contribution < -0.4 is 9.62 Å². The highest BCUT2D eigenvalue weighted by molar-refractivity contribution is 7.92. The summed E-state index contributed by atoms with van der Waals surface area (Å²) in [6.45, 7) is 3.21. The second-order valence-electron chi connectivity index (χ2n) is 6.79. The first kappa shape index (κ1) is 21.4. The Balaban J connectivity index is 1.73. The maximum absolute atomic E-state index is 14.2. The highest BCUT2D eigenvalue weighted by Gasteiger charge is 2.31. The minimum Gasteiger partial charge on any atom is -0.345 e. The second-order valence-corrected chi connectivity index (χ2v) is 8.64. The van der Waals surface area contributed by atoms with Crippen molar-refractivity contribution in [3.63, 3.8) is 0 Å². The number of anilines is 1. The van der Waals surface area contributed by atoms with Gasteiger partial charge in [0.1, 0.15) is 11.9 Å². The largest absolute Gasteiger partial charge is 0.345 e. The number of nitrogens with one attached hydrogen (secondary N) is 1. The van der Waals surface area contributed by atoms with Crippen molar-refractivity contribution in [2.75, 3.05) is 10.6 Å². The number of aromatic nitrogens is 2. The molecule has 1 atom stereocenters. The molecule has 0 radical (unpaired) electrons. The molecule has 30 heavy (non-hydrogen) atoms. The Bertz CT molecular complexity index is 1160. The van der Waals surface area contributed by atoms with Gasteiger partial charge in [0.15, 0.2) is 0 Å². The molecule has 1 aromatic heterocycles. The minimum absolute atomic E-state index is 0.100. The van der Waals surface area contributed by atoms with Crippen molar-refractivity contribution in [2.24, 2.45) is 0 Å². The number of hydrogen-bond acceptors (Lipinski definition) is 6. The van der Waals surface area contributed by atoms with Gasteiger partial charge in [-0.25, -0.2) is 12.8 Å². The zero-order valence-corrected chi connectivity index (χ0v) is 17.5. The van der Waals surface area contributed by atoms with E-state index < -0.39 is 27.8 Å². The highest BCUT2D eigenvalue weighted by atomic mass is 32.2. The van der Waals surface area contributed by atoms with E-state index >= 15 is 0 Å². The van der Waals surface area contributed by atoms with Gasteiger partial charge in [-0.2, -0.15) is 4.98 Å². The number of carbonyl (C=O) groups is 1. The predicted octanol–water partition coefficient (Wildman–Crippen LogP) is 2.66. The molecule has 8 nitrogen and oxygen atoms in total. The van der Waals surface area contributed by atoms with E-state index in [9.17, 15) is 17.6 Å². The first-order chi connectivity index (χ1) is 14.2. The van der Waals surface area contributed by atoms with Crippen molar-refractivity contribution in [3.05, 3.63) is 65.8 Å². The quantitative estimate of drug-likeness (QED) is 0.615. The Kier molecular flexibility index (Phi) is 6.16. The summed E-state index contributed by atoms with van der Waals surface area (Å²) in [6.07, 6.45) is 0.912. The molecule has 0 aliphatic carbocycles. The van der Waals surface area contributed by atoms with Crippen molar-refractivity contribution >= 4 is 21.6 Å². The summed E-state index contributed by atoms with van der Waals surface area (Å²) in [6, 6.07) is 11.7. The van der Waals surface area contributed by atoms with Gasteiger partial charge in [-0.1, -0.05) is 41.1 Å². The lowest BCUT2D eigenvalue weighted by atomic mass is 10.1. The summed E-state index contributed by atoms with van der Waals surface area (Å²) >= 11 is 0. The monoisotopic (exact) mass is 432 g/mol. The first-order valence-corrected chi connectivity index (χ1v) is 10.9. The molecule has 3 rings (SSSR count). The predicted molar refractivity (Wildman–Crippen MR) is 110 cm³/mol. The van der Waals surface area contributed by atoms with Crippen LogP contribution in [0.2, 0.25) is 0 Å². The van der Waals surface area contributed by atoms with Crippen LogP contribution in [-0.2, 0) is 21.4 Å². The van der Waals surface area contributed by atoms with Gasteiger partial charge in [0.25, 0.3) is 0 Å². The van der Waals surface area contributed by atoms with Gasteiger partial charge in [0.2, 0.25) is 27.6 Å². The van der Waals surface area contributed by atoms with E-state index in [-0.39, 0.29) is 18.1 Å². The molecule has 158 valence electrons. The van der Waals surface area contributed by atoms with E-state index in [1.54, 1.807) is 0 Å². The van der Waals surface area contributed by atoms with Crippen molar-refractivity contribution in [3.8, 4) is 11.4 Å². The third-order valence-corrected chi connectivity index (χ3v) is 5.56. The molecule has 0 saturated heterocycles. The molecule has 1 N–H and O–H groups in total. The lowest BCUT2D eigenvalue weighted by Crippen LogP contribution is -2.48. The third-order valence-electron chi connectivity index (χ3n) is 4.34. The van der Waals surface area contributed by atoms with Crippen LogP contribution in [0.1, 0.15) is 18.4 Å². The van der Waals surface area contributed by atoms with Gasteiger partial charge in [-0.3, -0.25) is 9.10 Å². The molecule has 0 aliphatic heterocycles. The van der Waals surface area contributed by atoms with Gasteiger partial charge < -0.3 is 9.84 Å². The van der Waals surface area contributed by atoms with E-state index in [4.69, 9.17) is 4.52 Å². The number of halogens is 1. The SMILES string of the molecule is Cc1cccc(-c2noc(CNC(=O)C(C)N(c3ccccc3F)S(C)(=O)=O)n2)c1. The van der Waals surface area contributed by atoms with Gasteiger partial charge >= 0.3 is 0 Å². The molecular weight excluding hydrogens is 411 g/mol. The third kappa shape index (κ3) is 4.82. The minimum atomic E-state index is -3.92. The Labute approximate surface area is 173 Å². The summed E-state index contributed by atoms with van der Waals surface area (Å²) in [4.78, 5) is 16.8. The molecule has 2 aromatic carbocycles. The topological polar surface area (TPSA) is 105 Å². The number of rotatable bonds is 7. The van der Waals surface area contributed by atoms with E-state index in [2.05, 4.69) is 15.5 Å². The van der Waals surface area contributed by atoms with E-state index in [0.717, 1.165) is 27.8 Å². The molecule has 0 aliphatic rings. The maximum Gasteiger partial charge on any atom is 0.246 e. The Morgan fingerprint density at radius 3 is 2.63 bits per heavy atom. The molecule has 1 unspecified atom stereocenters. The van der Waals surface area contributed by atoms with Crippen LogP contribution in [0.4, 0.5) is 10.1 Å². The van der Waals surface area contributed by atoms with Crippen molar-refractivity contribution in [1.29, 1.82) is 0 Å². The van der Waals surface area contributed by atoms with Crippen LogP contribution >= 0.6 is 0 Å².